The van der Waals surface area contributed by atoms with Crippen LogP contribution >= 0.6 is 27.3 Å². The molecular formula is C13H13BrN2OS. The molecule has 0 N–H and O–H groups in total. The molecule has 5 heteroatoms. The second-order valence-electron chi connectivity index (χ2n) is 4.57. The highest BCUT2D eigenvalue weighted by atomic mass is 79.9. The zero-order valence-electron chi connectivity index (χ0n) is 9.80. The molecule has 2 aromatic rings. The molecule has 0 radical (unpaired) electrons. The number of thiophene rings is 1. The van der Waals surface area contributed by atoms with Crippen LogP contribution in [0.5, 0.6) is 0 Å². The van der Waals surface area contributed by atoms with Gasteiger partial charge in [-0.25, -0.2) is 0 Å². The molecule has 0 saturated heterocycles. The standard InChI is InChI=1S/C13H13BrN2OS/c14-12-6-5-11(18-12)13-9(8-17)7-16(15-13)10-3-1-2-4-10/h5-8,10H,1-4H2. The summed E-state index contributed by atoms with van der Waals surface area (Å²) in [6.07, 6.45) is 7.68. The van der Waals surface area contributed by atoms with Crippen LogP contribution < -0.4 is 0 Å². The first-order valence-electron chi connectivity index (χ1n) is 6.08. The van der Waals surface area contributed by atoms with Crippen LogP contribution in [0.4, 0.5) is 0 Å². The number of rotatable bonds is 3. The normalized spacial score (nSPS) is 16.3. The summed E-state index contributed by atoms with van der Waals surface area (Å²) in [4.78, 5) is 12.2. The lowest BCUT2D eigenvalue weighted by Gasteiger charge is -2.08. The van der Waals surface area contributed by atoms with Crippen LogP contribution in [-0.2, 0) is 0 Å². The number of halogens is 1. The molecule has 0 aromatic carbocycles. The van der Waals surface area contributed by atoms with E-state index in [1.165, 1.54) is 25.7 Å². The van der Waals surface area contributed by atoms with Gasteiger partial charge in [-0.3, -0.25) is 9.48 Å². The van der Waals surface area contributed by atoms with Crippen molar-refractivity contribution >= 4 is 33.6 Å². The fourth-order valence-corrected chi connectivity index (χ4v) is 3.87. The van der Waals surface area contributed by atoms with Gasteiger partial charge in [0.05, 0.1) is 20.3 Å². The Morgan fingerprint density at radius 3 is 2.78 bits per heavy atom. The summed E-state index contributed by atoms with van der Waals surface area (Å²) in [5, 5.41) is 4.62. The predicted octanol–water partition coefficient (Wildman–Crippen LogP) is 4.30. The molecule has 3 rings (SSSR count). The van der Waals surface area contributed by atoms with E-state index in [4.69, 9.17) is 0 Å². The molecule has 1 aliphatic carbocycles. The first-order valence-corrected chi connectivity index (χ1v) is 7.69. The van der Waals surface area contributed by atoms with E-state index in [9.17, 15) is 4.79 Å². The Labute approximate surface area is 118 Å². The molecular weight excluding hydrogens is 312 g/mol. The largest absolute Gasteiger partial charge is 0.298 e. The molecule has 2 aromatic heterocycles. The van der Waals surface area contributed by atoms with E-state index >= 15 is 0 Å². The number of aldehydes is 1. The average molecular weight is 325 g/mol. The molecule has 1 aliphatic rings. The summed E-state index contributed by atoms with van der Waals surface area (Å²) < 4.78 is 3.05. The number of aromatic nitrogens is 2. The van der Waals surface area contributed by atoms with E-state index in [2.05, 4.69) is 21.0 Å². The van der Waals surface area contributed by atoms with Crippen molar-refractivity contribution in [2.24, 2.45) is 0 Å². The Balaban J connectivity index is 2.00. The van der Waals surface area contributed by atoms with Crippen LogP contribution in [0.2, 0.25) is 0 Å². The zero-order chi connectivity index (χ0) is 12.5. The van der Waals surface area contributed by atoms with Crippen molar-refractivity contribution in [2.45, 2.75) is 31.7 Å². The van der Waals surface area contributed by atoms with Gasteiger partial charge in [0, 0.05) is 6.20 Å². The lowest BCUT2D eigenvalue weighted by molar-refractivity contribution is 0.112. The maximum absolute atomic E-state index is 11.2. The van der Waals surface area contributed by atoms with Crippen LogP contribution in [0.15, 0.2) is 22.1 Å². The number of carbonyl (C=O) groups is 1. The molecule has 94 valence electrons. The second kappa shape index (κ2) is 4.97. The summed E-state index contributed by atoms with van der Waals surface area (Å²) in [6, 6.07) is 4.47. The quantitative estimate of drug-likeness (QED) is 0.789. The van der Waals surface area contributed by atoms with Crippen LogP contribution in [0.1, 0.15) is 42.1 Å². The average Bonchev–Trinajstić information content (AvgIpc) is 3.07. The minimum absolute atomic E-state index is 0.473. The van der Waals surface area contributed by atoms with Gasteiger partial charge in [-0.2, -0.15) is 5.10 Å². The van der Waals surface area contributed by atoms with E-state index in [-0.39, 0.29) is 0 Å². The maximum atomic E-state index is 11.2. The summed E-state index contributed by atoms with van der Waals surface area (Å²) in [5.74, 6) is 0. The minimum Gasteiger partial charge on any atom is -0.298 e. The van der Waals surface area contributed by atoms with E-state index < -0.39 is 0 Å². The highest BCUT2D eigenvalue weighted by molar-refractivity contribution is 9.11. The Morgan fingerprint density at radius 2 is 2.17 bits per heavy atom. The summed E-state index contributed by atoms with van der Waals surface area (Å²) >= 11 is 5.05. The van der Waals surface area contributed by atoms with Crippen molar-refractivity contribution in [2.75, 3.05) is 0 Å². The van der Waals surface area contributed by atoms with Gasteiger partial charge in [-0.05, 0) is 40.9 Å². The Hall–Kier alpha value is -0.940. The van der Waals surface area contributed by atoms with Crippen molar-refractivity contribution in [1.82, 2.24) is 9.78 Å². The van der Waals surface area contributed by atoms with Gasteiger partial charge >= 0.3 is 0 Å². The molecule has 1 saturated carbocycles. The van der Waals surface area contributed by atoms with E-state index in [0.29, 0.717) is 11.6 Å². The van der Waals surface area contributed by atoms with Crippen LogP contribution in [0.25, 0.3) is 10.6 Å². The van der Waals surface area contributed by atoms with E-state index in [1.807, 2.05) is 23.0 Å². The van der Waals surface area contributed by atoms with Crippen molar-refractivity contribution in [3.8, 4) is 10.6 Å². The molecule has 0 amide bonds. The molecule has 0 unspecified atom stereocenters. The monoisotopic (exact) mass is 324 g/mol. The van der Waals surface area contributed by atoms with Gasteiger partial charge in [-0.15, -0.1) is 11.3 Å². The number of hydrogen-bond acceptors (Lipinski definition) is 3. The molecule has 18 heavy (non-hydrogen) atoms. The SMILES string of the molecule is O=Cc1cn(C2CCCC2)nc1-c1ccc(Br)s1. The van der Waals surface area contributed by atoms with Crippen LogP contribution in [0, 0.1) is 0 Å². The first-order chi connectivity index (χ1) is 8.78. The van der Waals surface area contributed by atoms with Gasteiger partial charge in [-0.1, -0.05) is 12.8 Å². The van der Waals surface area contributed by atoms with Gasteiger partial charge in [0.15, 0.2) is 6.29 Å². The molecule has 2 heterocycles. The third-order valence-corrected chi connectivity index (χ3v) is 5.02. The predicted molar refractivity (Wildman–Crippen MR) is 76.1 cm³/mol. The van der Waals surface area contributed by atoms with E-state index in [0.717, 1.165) is 20.6 Å². The smallest absolute Gasteiger partial charge is 0.153 e. The second-order valence-corrected chi connectivity index (χ2v) is 7.04. The lowest BCUT2D eigenvalue weighted by atomic mass is 10.2. The third kappa shape index (κ3) is 2.17. The third-order valence-electron chi connectivity index (χ3n) is 3.39. The van der Waals surface area contributed by atoms with Crippen LogP contribution in [0.3, 0.4) is 0 Å². The summed E-state index contributed by atoms with van der Waals surface area (Å²) in [6.45, 7) is 0. The van der Waals surface area contributed by atoms with E-state index in [1.54, 1.807) is 11.3 Å². The van der Waals surface area contributed by atoms with Crippen molar-refractivity contribution in [3.63, 3.8) is 0 Å². The Morgan fingerprint density at radius 1 is 1.39 bits per heavy atom. The fourth-order valence-electron chi connectivity index (χ4n) is 2.48. The van der Waals surface area contributed by atoms with Gasteiger partial charge in [0.1, 0.15) is 5.69 Å². The molecule has 0 spiro atoms. The van der Waals surface area contributed by atoms with Gasteiger partial charge in [0.2, 0.25) is 0 Å². The Kier molecular flexibility index (Phi) is 3.35. The van der Waals surface area contributed by atoms with Crippen molar-refractivity contribution in [3.05, 3.63) is 27.7 Å². The maximum Gasteiger partial charge on any atom is 0.153 e. The molecule has 1 fully saturated rings. The summed E-state index contributed by atoms with van der Waals surface area (Å²) in [5.41, 5.74) is 1.50. The lowest BCUT2D eigenvalue weighted by Crippen LogP contribution is -2.04. The highest BCUT2D eigenvalue weighted by Gasteiger charge is 2.20. The highest BCUT2D eigenvalue weighted by Crippen LogP contribution is 2.34. The molecule has 0 atom stereocenters. The zero-order valence-corrected chi connectivity index (χ0v) is 12.2. The number of hydrogen-bond donors (Lipinski definition) is 0. The van der Waals surface area contributed by atoms with Gasteiger partial charge < -0.3 is 0 Å². The van der Waals surface area contributed by atoms with Crippen LogP contribution in [-0.4, -0.2) is 16.1 Å². The molecule has 0 aliphatic heterocycles. The minimum atomic E-state index is 0.473. The van der Waals surface area contributed by atoms with Crippen molar-refractivity contribution in [1.29, 1.82) is 0 Å². The number of nitrogens with zero attached hydrogens (tertiary/aromatic N) is 2. The molecule has 3 nitrogen and oxygen atoms in total. The fraction of sp³-hybridized carbons (Fsp3) is 0.385. The summed E-state index contributed by atoms with van der Waals surface area (Å²) in [7, 11) is 0. The van der Waals surface area contributed by atoms with Gasteiger partial charge in [0.25, 0.3) is 0 Å². The molecule has 0 bridgehead atoms. The first kappa shape index (κ1) is 12.1. The Bertz CT molecular complexity index is 569. The topological polar surface area (TPSA) is 34.9 Å². The number of carbonyl (C=O) groups excluding carboxylic acids is 1. The van der Waals surface area contributed by atoms with Crippen molar-refractivity contribution < 1.29 is 4.79 Å².